The molecule has 0 aliphatic heterocycles. The fourth-order valence-electron chi connectivity index (χ4n) is 2.22. The lowest BCUT2D eigenvalue weighted by molar-refractivity contribution is -0.141. The van der Waals surface area contributed by atoms with Crippen LogP contribution in [0.25, 0.3) is 22.6 Å². The summed E-state index contributed by atoms with van der Waals surface area (Å²) < 4.78 is 6.46. The van der Waals surface area contributed by atoms with Crippen LogP contribution in [0.3, 0.4) is 0 Å². The van der Waals surface area contributed by atoms with E-state index in [-0.39, 0.29) is 12.5 Å². The zero-order valence-corrected chi connectivity index (χ0v) is 12.1. The van der Waals surface area contributed by atoms with Crippen molar-refractivity contribution in [1.82, 2.24) is 14.5 Å². The zero-order valence-electron chi connectivity index (χ0n) is 12.1. The molecule has 0 aliphatic carbocycles. The van der Waals surface area contributed by atoms with Gasteiger partial charge in [-0.25, -0.2) is 4.98 Å². The first-order valence-electron chi connectivity index (χ1n) is 6.88. The van der Waals surface area contributed by atoms with Crippen molar-refractivity contribution in [2.75, 3.05) is 7.11 Å². The van der Waals surface area contributed by atoms with Crippen LogP contribution in [-0.4, -0.2) is 27.6 Å². The Hall–Kier alpha value is -2.95. The lowest BCUT2D eigenvalue weighted by atomic mass is 10.1. The second-order valence-corrected chi connectivity index (χ2v) is 4.75. The second-order valence-electron chi connectivity index (χ2n) is 4.75. The van der Waals surface area contributed by atoms with Gasteiger partial charge in [-0.1, -0.05) is 30.3 Å². The van der Waals surface area contributed by atoms with Gasteiger partial charge in [0, 0.05) is 29.7 Å². The number of ether oxygens (including phenoxy) is 1. The van der Waals surface area contributed by atoms with E-state index in [0.717, 1.165) is 22.6 Å². The number of benzene rings is 1. The molecule has 110 valence electrons. The van der Waals surface area contributed by atoms with E-state index in [9.17, 15) is 4.79 Å². The molecular formula is C17H15N3O2. The Morgan fingerprint density at radius 2 is 1.82 bits per heavy atom. The standard InChI is InChI=1S/C17H15N3O2/c1-22-16(21)12-20-11-10-19-17(20)14-7-5-13(6-8-14)15-4-2-3-9-18-15/h2-11H,12H2,1H3. The van der Waals surface area contributed by atoms with Crippen LogP contribution < -0.4 is 0 Å². The van der Waals surface area contributed by atoms with Crippen LogP contribution in [0.1, 0.15) is 0 Å². The molecule has 0 spiro atoms. The highest BCUT2D eigenvalue weighted by Gasteiger charge is 2.10. The molecule has 0 fully saturated rings. The molecule has 2 heterocycles. The number of aromatic nitrogens is 3. The van der Waals surface area contributed by atoms with Crippen LogP contribution >= 0.6 is 0 Å². The number of imidazole rings is 1. The van der Waals surface area contributed by atoms with Gasteiger partial charge in [0.1, 0.15) is 12.4 Å². The number of hydrogen-bond acceptors (Lipinski definition) is 4. The van der Waals surface area contributed by atoms with Crippen molar-refractivity contribution in [3.63, 3.8) is 0 Å². The largest absolute Gasteiger partial charge is 0.468 e. The average Bonchev–Trinajstić information content (AvgIpc) is 3.04. The molecule has 0 aliphatic rings. The van der Waals surface area contributed by atoms with Gasteiger partial charge in [0.2, 0.25) is 0 Å². The van der Waals surface area contributed by atoms with E-state index < -0.39 is 0 Å². The van der Waals surface area contributed by atoms with Crippen molar-refractivity contribution in [2.24, 2.45) is 0 Å². The van der Waals surface area contributed by atoms with Gasteiger partial charge in [0.05, 0.1) is 12.8 Å². The number of methoxy groups -OCH3 is 1. The number of pyridine rings is 1. The van der Waals surface area contributed by atoms with E-state index in [0.29, 0.717) is 0 Å². The summed E-state index contributed by atoms with van der Waals surface area (Å²) in [5.41, 5.74) is 2.90. The first-order chi connectivity index (χ1) is 10.8. The smallest absolute Gasteiger partial charge is 0.325 e. The SMILES string of the molecule is COC(=O)Cn1ccnc1-c1ccc(-c2ccccn2)cc1. The van der Waals surface area contributed by atoms with E-state index in [2.05, 4.69) is 9.97 Å². The topological polar surface area (TPSA) is 57.0 Å². The van der Waals surface area contributed by atoms with Crippen LogP contribution in [-0.2, 0) is 16.1 Å². The van der Waals surface area contributed by atoms with Gasteiger partial charge in [-0.05, 0) is 12.1 Å². The molecule has 0 atom stereocenters. The maximum atomic E-state index is 11.4. The minimum atomic E-state index is -0.302. The highest BCUT2D eigenvalue weighted by Crippen LogP contribution is 2.22. The van der Waals surface area contributed by atoms with Gasteiger partial charge in [-0.15, -0.1) is 0 Å². The summed E-state index contributed by atoms with van der Waals surface area (Å²) in [6.45, 7) is 0.147. The molecule has 3 rings (SSSR count). The first kappa shape index (κ1) is 14.0. The minimum absolute atomic E-state index is 0.147. The maximum Gasteiger partial charge on any atom is 0.325 e. The third-order valence-electron chi connectivity index (χ3n) is 3.35. The molecule has 5 nitrogen and oxygen atoms in total. The molecule has 22 heavy (non-hydrogen) atoms. The Morgan fingerprint density at radius 1 is 1.05 bits per heavy atom. The van der Waals surface area contributed by atoms with Crippen molar-refractivity contribution >= 4 is 5.97 Å². The maximum absolute atomic E-state index is 11.4. The Kier molecular flexibility index (Phi) is 3.96. The average molecular weight is 293 g/mol. The quantitative estimate of drug-likeness (QED) is 0.694. The molecule has 0 radical (unpaired) electrons. The van der Waals surface area contributed by atoms with Crippen LogP contribution in [0.5, 0.6) is 0 Å². The van der Waals surface area contributed by atoms with E-state index in [4.69, 9.17) is 4.74 Å². The molecule has 0 N–H and O–H groups in total. The summed E-state index contributed by atoms with van der Waals surface area (Å²) in [6, 6.07) is 13.7. The minimum Gasteiger partial charge on any atom is -0.468 e. The second kappa shape index (κ2) is 6.22. The predicted molar refractivity (Wildman–Crippen MR) is 82.9 cm³/mol. The van der Waals surface area contributed by atoms with E-state index in [1.165, 1.54) is 7.11 Å². The van der Waals surface area contributed by atoms with E-state index in [1.807, 2.05) is 42.5 Å². The molecule has 0 bridgehead atoms. The molecule has 2 aromatic heterocycles. The molecule has 3 aromatic rings. The number of carbonyl (C=O) groups is 1. The monoisotopic (exact) mass is 293 g/mol. The number of esters is 1. The van der Waals surface area contributed by atoms with E-state index in [1.54, 1.807) is 23.2 Å². The van der Waals surface area contributed by atoms with Gasteiger partial charge < -0.3 is 9.30 Å². The third kappa shape index (κ3) is 2.88. The summed E-state index contributed by atoms with van der Waals surface area (Å²) in [6.07, 6.45) is 5.20. The molecule has 0 amide bonds. The lowest BCUT2D eigenvalue weighted by Gasteiger charge is -2.07. The van der Waals surface area contributed by atoms with Gasteiger partial charge in [-0.3, -0.25) is 9.78 Å². The van der Waals surface area contributed by atoms with Gasteiger partial charge in [-0.2, -0.15) is 0 Å². The van der Waals surface area contributed by atoms with E-state index >= 15 is 0 Å². The Morgan fingerprint density at radius 3 is 2.50 bits per heavy atom. The normalized spacial score (nSPS) is 10.4. The third-order valence-corrected chi connectivity index (χ3v) is 3.35. The van der Waals surface area contributed by atoms with Crippen molar-refractivity contribution < 1.29 is 9.53 Å². The van der Waals surface area contributed by atoms with Crippen LogP contribution in [0.2, 0.25) is 0 Å². The molecule has 0 saturated heterocycles. The highest BCUT2D eigenvalue weighted by molar-refractivity contribution is 5.71. The molecular weight excluding hydrogens is 278 g/mol. The van der Waals surface area contributed by atoms with Crippen LogP contribution in [0.4, 0.5) is 0 Å². The van der Waals surface area contributed by atoms with Crippen molar-refractivity contribution in [1.29, 1.82) is 0 Å². The summed E-state index contributed by atoms with van der Waals surface area (Å²) in [4.78, 5) is 20.1. The zero-order chi connectivity index (χ0) is 15.4. The van der Waals surface area contributed by atoms with Crippen LogP contribution in [0, 0.1) is 0 Å². The Balaban J connectivity index is 1.88. The highest BCUT2D eigenvalue weighted by atomic mass is 16.5. The first-order valence-corrected chi connectivity index (χ1v) is 6.88. The summed E-state index contributed by atoms with van der Waals surface area (Å²) in [5.74, 6) is 0.433. The predicted octanol–water partition coefficient (Wildman–Crippen LogP) is 2.79. The van der Waals surface area contributed by atoms with Gasteiger partial charge in [0.15, 0.2) is 0 Å². The van der Waals surface area contributed by atoms with Gasteiger partial charge in [0.25, 0.3) is 0 Å². The van der Waals surface area contributed by atoms with Crippen molar-refractivity contribution in [3.8, 4) is 22.6 Å². The molecule has 0 unspecified atom stereocenters. The fraction of sp³-hybridized carbons (Fsp3) is 0.118. The van der Waals surface area contributed by atoms with Crippen molar-refractivity contribution in [3.05, 3.63) is 61.1 Å². The number of nitrogens with zero attached hydrogens (tertiary/aromatic N) is 3. The van der Waals surface area contributed by atoms with Crippen LogP contribution in [0.15, 0.2) is 61.1 Å². The number of carbonyl (C=O) groups excluding carboxylic acids is 1. The molecule has 1 aromatic carbocycles. The molecule has 5 heteroatoms. The van der Waals surface area contributed by atoms with Crippen molar-refractivity contribution in [2.45, 2.75) is 6.54 Å². The Bertz CT molecular complexity index is 764. The Labute approximate surface area is 128 Å². The molecule has 0 saturated carbocycles. The lowest BCUT2D eigenvalue weighted by Crippen LogP contribution is -2.11. The summed E-state index contributed by atoms with van der Waals surface area (Å²) in [7, 11) is 1.38. The fourth-order valence-corrected chi connectivity index (χ4v) is 2.22. The number of hydrogen-bond donors (Lipinski definition) is 0. The number of rotatable bonds is 4. The van der Waals surface area contributed by atoms with Gasteiger partial charge >= 0.3 is 5.97 Å². The summed E-state index contributed by atoms with van der Waals surface area (Å²) in [5, 5.41) is 0. The summed E-state index contributed by atoms with van der Waals surface area (Å²) >= 11 is 0.